The van der Waals surface area contributed by atoms with Crippen LogP contribution in [-0.2, 0) is 6.54 Å². The molecule has 0 radical (unpaired) electrons. The average molecular weight is 400 g/mol. The zero-order valence-electron chi connectivity index (χ0n) is 16.3. The van der Waals surface area contributed by atoms with E-state index >= 15 is 0 Å². The van der Waals surface area contributed by atoms with Crippen LogP contribution < -0.4 is 9.47 Å². The van der Waals surface area contributed by atoms with Gasteiger partial charge in [0.25, 0.3) is 0 Å². The lowest BCUT2D eigenvalue weighted by atomic mass is 10.2. The Hall–Kier alpha value is -2.45. The van der Waals surface area contributed by atoms with Gasteiger partial charge in [-0.25, -0.2) is 0 Å². The highest BCUT2D eigenvalue weighted by Gasteiger charge is 2.15. The van der Waals surface area contributed by atoms with Gasteiger partial charge in [0.2, 0.25) is 4.96 Å². The maximum absolute atomic E-state index is 5.36. The van der Waals surface area contributed by atoms with Crippen molar-refractivity contribution in [2.24, 2.45) is 0 Å². The first-order valence-corrected chi connectivity index (χ1v) is 10.4. The van der Waals surface area contributed by atoms with Gasteiger partial charge in [0.1, 0.15) is 5.01 Å². The minimum atomic E-state index is 0.711. The molecular formula is C20H25N5O2S. The number of methoxy groups -OCH3 is 2. The molecule has 3 aromatic rings. The Labute approximate surface area is 168 Å². The van der Waals surface area contributed by atoms with Crippen molar-refractivity contribution in [1.82, 2.24) is 24.7 Å². The minimum Gasteiger partial charge on any atom is -0.493 e. The van der Waals surface area contributed by atoms with Crippen molar-refractivity contribution >= 4 is 28.4 Å². The number of likely N-dealkylation sites (tertiary alicyclic amines) is 1. The van der Waals surface area contributed by atoms with Gasteiger partial charge in [0.05, 0.1) is 20.8 Å². The average Bonchev–Trinajstić information content (AvgIpc) is 3.18. The predicted octanol–water partition coefficient (Wildman–Crippen LogP) is 3.75. The van der Waals surface area contributed by atoms with E-state index in [4.69, 9.17) is 14.6 Å². The first-order valence-electron chi connectivity index (χ1n) is 9.60. The number of rotatable bonds is 6. The topological polar surface area (TPSA) is 64.8 Å². The van der Waals surface area contributed by atoms with E-state index in [2.05, 4.69) is 15.1 Å². The Bertz CT molecular complexity index is 957. The lowest BCUT2D eigenvalue weighted by Gasteiger charge is -2.17. The summed E-state index contributed by atoms with van der Waals surface area (Å²) in [5.74, 6) is 2.35. The van der Waals surface area contributed by atoms with Crippen LogP contribution in [0.25, 0.3) is 17.1 Å². The molecule has 0 saturated carbocycles. The molecule has 4 rings (SSSR count). The maximum Gasteiger partial charge on any atom is 0.235 e. The molecule has 0 bridgehead atoms. The Morgan fingerprint density at radius 3 is 2.54 bits per heavy atom. The zero-order valence-corrected chi connectivity index (χ0v) is 17.1. The zero-order chi connectivity index (χ0) is 19.3. The lowest BCUT2D eigenvalue weighted by molar-refractivity contribution is 0.268. The maximum atomic E-state index is 5.36. The van der Waals surface area contributed by atoms with Gasteiger partial charge in [-0.15, -0.1) is 10.2 Å². The molecule has 2 aromatic heterocycles. The number of nitrogens with zero attached hydrogens (tertiary/aromatic N) is 5. The van der Waals surface area contributed by atoms with Gasteiger partial charge in [0.15, 0.2) is 17.3 Å². The summed E-state index contributed by atoms with van der Waals surface area (Å²) in [4.78, 5) is 3.29. The number of aromatic nitrogens is 4. The van der Waals surface area contributed by atoms with Crippen LogP contribution in [0.3, 0.4) is 0 Å². The van der Waals surface area contributed by atoms with Crippen LogP contribution in [0.4, 0.5) is 0 Å². The number of fused-ring (bicyclic) bond motifs is 1. The summed E-state index contributed by atoms with van der Waals surface area (Å²) >= 11 is 1.54. The third-order valence-electron chi connectivity index (χ3n) is 4.96. The molecule has 0 unspecified atom stereocenters. The van der Waals surface area contributed by atoms with E-state index in [1.165, 1.54) is 37.0 Å². The molecule has 7 nitrogen and oxygen atoms in total. The van der Waals surface area contributed by atoms with Gasteiger partial charge in [-0.3, -0.25) is 4.90 Å². The molecule has 0 N–H and O–H groups in total. The molecule has 0 spiro atoms. The highest BCUT2D eigenvalue weighted by Crippen LogP contribution is 2.28. The molecule has 1 fully saturated rings. The minimum absolute atomic E-state index is 0.711. The summed E-state index contributed by atoms with van der Waals surface area (Å²) in [6.07, 6.45) is 9.19. The van der Waals surface area contributed by atoms with Gasteiger partial charge < -0.3 is 9.47 Å². The second-order valence-corrected chi connectivity index (χ2v) is 7.88. The summed E-state index contributed by atoms with van der Waals surface area (Å²) in [6.45, 7) is 3.07. The molecule has 1 saturated heterocycles. The highest BCUT2D eigenvalue weighted by atomic mass is 32.1. The van der Waals surface area contributed by atoms with E-state index in [0.717, 1.165) is 46.7 Å². The Morgan fingerprint density at radius 2 is 1.79 bits per heavy atom. The van der Waals surface area contributed by atoms with Crippen molar-refractivity contribution in [3.63, 3.8) is 0 Å². The summed E-state index contributed by atoms with van der Waals surface area (Å²) in [5, 5.41) is 14.2. The number of hydrogen-bond donors (Lipinski definition) is 0. The third kappa shape index (κ3) is 4.18. The normalized spacial score (nSPS) is 15.9. The molecule has 0 aliphatic carbocycles. The van der Waals surface area contributed by atoms with Crippen LogP contribution in [-0.4, -0.2) is 52.0 Å². The molecule has 1 aliphatic heterocycles. The first kappa shape index (κ1) is 18.9. The van der Waals surface area contributed by atoms with Crippen molar-refractivity contribution in [3.05, 3.63) is 34.6 Å². The van der Waals surface area contributed by atoms with E-state index in [1.807, 2.05) is 34.9 Å². The smallest absolute Gasteiger partial charge is 0.235 e. The van der Waals surface area contributed by atoms with Crippen LogP contribution >= 0.6 is 11.3 Å². The van der Waals surface area contributed by atoms with Gasteiger partial charge in [-0.2, -0.15) is 9.61 Å². The molecule has 1 aromatic carbocycles. The fourth-order valence-corrected chi connectivity index (χ4v) is 4.22. The fraction of sp³-hybridized carbons (Fsp3) is 0.450. The van der Waals surface area contributed by atoms with E-state index in [1.54, 1.807) is 14.2 Å². The van der Waals surface area contributed by atoms with Crippen LogP contribution in [0, 0.1) is 0 Å². The predicted molar refractivity (Wildman–Crippen MR) is 111 cm³/mol. The van der Waals surface area contributed by atoms with Gasteiger partial charge in [-0.05, 0) is 49.7 Å². The first-order chi connectivity index (χ1) is 13.8. The second-order valence-electron chi connectivity index (χ2n) is 6.89. The molecule has 148 valence electrons. The van der Waals surface area contributed by atoms with Crippen molar-refractivity contribution in [2.45, 2.75) is 32.2 Å². The lowest BCUT2D eigenvalue weighted by Crippen LogP contribution is -2.25. The fourth-order valence-electron chi connectivity index (χ4n) is 3.46. The highest BCUT2D eigenvalue weighted by molar-refractivity contribution is 7.17. The van der Waals surface area contributed by atoms with Gasteiger partial charge in [-0.1, -0.05) is 36.3 Å². The Kier molecular flexibility index (Phi) is 5.87. The monoisotopic (exact) mass is 399 g/mol. The number of ether oxygens (including phenoxy) is 2. The van der Waals surface area contributed by atoms with E-state index in [0.29, 0.717) is 5.75 Å². The van der Waals surface area contributed by atoms with Crippen molar-refractivity contribution in [3.8, 4) is 11.5 Å². The van der Waals surface area contributed by atoms with Gasteiger partial charge in [0, 0.05) is 0 Å². The van der Waals surface area contributed by atoms with E-state index in [-0.39, 0.29) is 0 Å². The number of benzene rings is 1. The van der Waals surface area contributed by atoms with Crippen LogP contribution in [0.5, 0.6) is 11.5 Å². The standard InChI is InChI=1S/C20H25N5O2S/c1-26-16-9-7-15(13-17(16)27-2)8-10-19-23-25-18(21-22-20(25)28-19)14-24-11-5-3-4-6-12-24/h7-10,13H,3-6,11-12,14H2,1-2H3/b10-8+. The number of hydrogen-bond acceptors (Lipinski definition) is 7. The SMILES string of the molecule is COc1ccc(/C=C/c2nn3c(CN4CCCCCC4)nnc3s2)cc1OC. The molecule has 8 heteroatoms. The Morgan fingerprint density at radius 1 is 1.00 bits per heavy atom. The summed E-state index contributed by atoms with van der Waals surface area (Å²) < 4.78 is 12.5. The summed E-state index contributed by atoms with van der Waals surface area (Å²) in [5.41, 5.74) is 1.02. The van der Waals surface area contributed by atoms with Crippen molar-refractivity contribution in [1.29, 1.82) is 0 Å². The summed E-state index contributed by atoms with van der Waals surface area (Å²) in [6, 6.07) is 5.83. The molecular weight excluding hydrogens is 374 g/mol. The second kappa shape index (κ2) is 8.70. The molecule has 3 heterocycles. The molecule has 1 aliphatic rings. The third-order valence-corrected chi connectivity index (χ3v) is 5.82. The quantitative estimate of drug-likeness (QED) is 0.629. The van der Waals surface area contributed by atoms with Gasteiger partial charge >= 0.3 is 0 Å². The van der Waals surface area contributed by atoms with Crippen LogP contribution in [0.15, 0.2) is 18.2 Å². The Balaban J connectivity index is 1.50. The summed E-state index contributed by atoms with van der Waals surface area (Å²) in [7, 11) is 3.27. The van der Waals surface area contributed by atoms with E-state index in [9.17, 15) is 0 Å². The largest absolute Gasteiger partial charge is 0.493 e. The van der Waals surface area contributed by atoms with Crippen LogP contribution in [0.2, 0.25) is 0 Å². The van der Waals surface area contributed by atoms with Crippen molar-refractivity contribution < 1.29 is 9.47 Å². The molecule has 28 heavy (non-hydrogen) atoms. The van der Waals surface area contributed by atoms with Crippen molar-refractivity contribution in [2.75, 3.05) is 27.3 Å². The van der Waals surface area contributed by atoms with E-state index < -0.39 is 0 Å². The molecule has 0 amide bonds. The van der Waals surface area contributed by atoms with Crippen LogP contribution in [0.1, 0.15) is 42.1 Å². The molecule has 0 atom stereocenters.